The van der Waals surface area contributed by atoms with Crippen LogP contribution in [0, 0.1) is 0 Å². The van der Waals surface area contributed by atoms with Gasteiger partial charge in [0.2, 0.25) is 15.9 Å². The summed E-state index contributed by atoms with van der Waals surface area (Å²) in [6.07, 6.45) is 8.72. The molecule has 1 amide bonds. The summed E-state index contributed by atoms with van der Waals surface area (Å²) >= 11 is 0. The first kappa shape index (κ1) is 22.3. The highest BCUT2D eigenvalue weighted by Gasteiger charge is 2.32. The van der Waals surface area contributed by atoms with Crippen LogP contribution in [0.5, 0.6) is 11.5 Å². The molecule has 1 fully saturated rings. The van der Waals surface area contributed by atoms with Crippen molar-refractivity contribution in [3.05, 3.63) is 18.2 Å². The van der Waals surface area contributed by atoms with Crippen molar-refractivity contribution in [2.45, 2.75) is 64.0 Å². The topological polar surface area (TPSA) is 84.9 Å². The Kier molecular flexibility index (Phi) is 7.98. The molecule has 0 spiro atoms. The summed E-state index contributed by atoms with van der Waals surface area (Å²) < 4.78 is 36.8. The number of nitrogens with zero attached hydrogens (tertiary/aromatic N) is 1. The van der Waals surface area contributed by atoms with Gasteiger partial charge in [0.15, 0.2) is 0 Å². The fourth-order valence-electron chi connectivity index (χ4n) is 3.67. The van der Waals surface area contributed by atoms with E-state index in [2.05, 4.69) is 5.32 Å². The first-order chi connectivity index (χ1) is 13.3. The fraction of sp³-hybridized carbons (Fsp3) is 0.650. The molecule has 0 radical (unpaired) electrons. The Hall–Kier alpha value is -1.96. The summed E-state index contributed by atoms with van der Waals surface area (Å²) in [6, 6.07) is 4.05. The number of methoxy groups -OCH3 is 2. The number of carbonyl (C=O) groups is 1. The van der Waals surface area contributed by atoms with Gasteiger partial charge in [-0.1, -0.05) is 32.1 Å². The molecule has 1 saturated carbocycles. The molecule has 7 nitrogen and oxygen atoms in total. The van der Waals surface area contributed by atoms with E-state index in [9.17, 15) is 13.2 Å². The van der Waals surface area contributed by atoms with Crippen LogP contribution in [-0.2, 0) is 14.8 Å². The molecule has 0 bridgehead atoms. The molecule has 158 valence electrons. The van der Waals surface area contributed by atoms with Crippen LogP contribution in [-0.4, -0.2) is 46.9 Å². The number of hydrogen-bond donors (Lipinski definition) is 1. The third-order valence-corrected chi connectivity index (χ3v) is 6.39. The second kappa shape index (κ2) is 10.0. The van der Waals surface area contributed by atoms with Crippen LogP contribution in [0.2, 0.25) is 0 Å². The molecular formula is C20H32N2O5S. The smallest absolute Gasteiger partial charge is 0.243 e. The molecule has 1 aliphatic carbocycles. The maximum atomic E-state index is 12.9. The molecule has 0 aromatic heterocycles. The van der Waals surface area contributed by atoms with Crippen LogP contribution >= 0.6 is 0 Å². The highest BCUT2D eigenvalue weighted by Crippen LogP contribution is 2.35. The van der Waals surface area contributed by atoms with Crippen LogP contribution in [0.25, 0.3) is 0 Å². The molecule has 0 unspecified atom stereocenters. The SMILES string of the molecule is COc1ccc(OC)c(N([C@H](C)C(=O)NC2CCCCCCC2)S(C)(=O)=O)c1. The molecular weight excluding hydrogens is 380 g/mol. The van der Waals surface area contributed by atoms with Crippen molar-refractivity contribution in [1.29, 1.82) is 0 Å². The molecule has 1 atom stereocenters. The van der Waals surface area contributed by atoms with E-state index in [1.54, 1.807) is 25.1 Å². The fourth-order valence-corrected chi connectivity index (χ4v) is 4.84. The molecule has 2 rings (SSSR count). The zero-order valence-electron chi connectivity index (χ0n) is 17.2. The zero-order valence-corrected chi connectivity index (χ0v) is 18.0. The van der Waals surface area contributed by atoms with E-state index in [0.717, 1.165) is 36.2 Å². The Morgan fingerprint density at radius 2 is 1.71 bits per heavy atom. The van der Waals surface area contributed by atoms with Gasteiger partial charge in [0.1, 0.15) is 17.5 Å². The van der Waals surface area contributed by atoms with E-state index in [-0.39, 0.29) is 17.6 Å². The summed E-state index contributed by atoms with van der Waals surface area (Å²) in [5.74, 6) is 0.537. The van der Waals surface area contributed by atoms with Crippen LogP contribution in [0.3, 0.4) is 0 Å². The van der Waals surface area contributed by atoms with E-state index in [4.69, 9.17) is 9.47 Å². The predicted octanol–water partition coefficient (Wildman–Crippen LogP) is 3.09. The minimum absolute atomic E-state index is 0.0869. The maximum absolute atomic E-state index is 12.9. The average Bonchev–Trinajstić information content (AvgIpc) is 2.62. The normalized spacial score (nSPS) is 17.1. The minimum Gasteiger partial charge on any atom is -0.497 e. The second-order valence-corrected chi connectivity index (χ2v) is 9.18. The van der Waals surface area contributed by atoms with Gasteiger partial charge < -0.3 is 14.8 Å². The van der Waals surface area contributed by atoms with Crippen LogP contribution in [0.15, 0.2) is 18.2 Å². The van der Waals surface area contributed by atoms with Crippen molar-refractivity contribution in [3.63, 3.8) is 0 Å². The van der Waals surface area contributed by atoms with Crippen molar-refractivity contribution in [2.75, 3.05) is 24.8 Å². The third-order valence-electron chi connectivity index (χ3n) is 5.16. The van der Waals surface area contributed by atoms with Crippen molar-refractivity contribution in [1.82, 2.24) is 5.32 Å². The van der Waals surface area contributed by atoms with E-state index in [1.807, 2.05) is 0 Å². The number of carbonyl (C=O) groups excluding carboxylic acids is 1. The van der Waals surface area contributed by atoms with Crippen molar-refractivity contribution < 1.29 is 22.7 Å². The van der Waals surface area contributed by atoms with Crippen LogP contribution in [0.4, 0.5) is 5.69 Å². The number of rotatable bonds is 7. The lowest BCUT2D eigenvalue weighted by molar-refractivity contribution is -0.122. The van der Waals surface area contributed by atoms with E-state index >= 15 is 0 Å². The minimum atomic E-state index is -3.74. The van der Waals surface area contributed by atoms with Gasteiger partial charge in [-0.3, -0.25) is 9.10 Å². The highest BCUT2D eigenvalue weighted by atomic mass is 32.2. The lowest BCUT2D eigenvalue weighted by Gasteiger charge is -2.31. The van der Waals surface area contributed by atoms with Crippen molar-refractivity contribution >= 4 is 21.6 Å². The van der Waals surface area contributed by atoms with Gasteiger partial charge in [-0.05, 0) is 31.9 Å². The number of ether oxygens (including phenoxy) is 2. The Balaban J connectivity index is 2.29. The summed E-state index contributed by atoms with van der Waals surface area (Å²) in [5, 5.41) is 3.06. The van der Waals surface area contributed by atoms with Gasteiger partial charge >= 0.3 is 0 Å². The first-order valence-corrected chi connectivity index (χ1v) is 11.6. The number of nitrogens with one attached hydrogen (secondary N) is 1. The van der Waals surface area contributed by atoms with E-state index in [0.29, 0.717) is 11.5 Å². The summed E-state index contributed by atoms with van der Waals surface area (Å²) in [5.41, 5.74) is 0.282. The highest BCUT2D eigenvalue weighted by molar-refractivity contribution is 7.92. The molecule has 8 heteroatoms. The molecule has 28 heavy (non-hydrogen) atoms. The molecule has 0 heterocycles. The van der Waals surface area contributed by atoms with E-state index in [1.165, 1.54) is 33.5 Å². The maximum Gasteiger partial charge on any atom is 0.243 e. The second-order valence-electron chi connectivity index (χ2n) is 7.32. The predicted molar refractivity (Wildman–Crippen MR) is 111 cm³/mol. The van der Waals surface area contributed by atoms with Crippen molar-refractivity contribution in [3.8, 4) is 11.5 Å². The molecule has 0 aliphatic heterocycles. The number of anilines is 1. The zero-order chi connectivity index (χ0) is 20.7. The molecule has 1 aliphatic rings. The molecule has 1 N–H and O–H groups in total. The summed E-state index contributed by atoms with van der Waals surface area (Å²) in [4.78, 5) is 12.9. The van der Waals surface area contributed by atoms with Gasteiger partial charge in [-0.2, -0.15) is 0 Å². The average molecular weight is 413 g/mol. The number of hydrogen-bond acceptors (Lipinski definition) is 5. The Bertz CT molecular complexity index is 758. The Labute approximate surface area is 168 Å². The van der Waals surface area contributed by atoms with Crippen LogP contribution < -0.4 is 19.1 Å². The first-order valence-electron chi connectivity index (χ1n) is 9.79. The largest absolute Gasteiger partial charge is 0.497 e. The van der Waals surface area contributed by atoms with Gasteiger partial charge in [-0.25, -0.2) is 8.42 Å². The Morgan fingerprint density at radius 3 is 2.25 bits per heavy atom. The molecule has 0 saturated heterocycles. The summed E-state index contributed by atoms with van der Waals surface area (Å²) in [6.45, 7) is 1.60. The number of benzene rings is 1. The Morgan fingerprint density at radius 1 is 1.11 bits per heavy atom. The molecule has 1 aromatic rings. The standard InChI is InChI=1S/C20H32N2O5S/c1-15(20(23)21-16-10-8-6-5-7-9-11-16)22(28(4,24)25)18-14-17(26-2)12-13-19(18)27-3/h12-16H,5-11H2,1-4H3,(H,21,23)/t15-/m1/s1. The van der Waals surface area contributed by atoms with Gasteiger partial charge in [0.25, 0.3) is 0 Å². The van der Waals surface area contributed by atoms with Gasteiger partial charge in [0.05, 0.1) is 26.2 Å². The quantitative estimate of drug-likeness (QED) is 0.744. The lowest BCUT2D eigenvalue weighted by atomic mass is 9.96. The lowest BCUT2D eigenvalue weighted by Crippen LogP contribution is -2.50. The van der Waals surface area contributed by atoms with E-state index < -0.39 is 16.1 Å². The van der Waals surface area contributed by atoms with Crippen molar-refractivity contribution in [2.24, 2.45) is 0 Å². The number of sulfonamides is 1. The third kappa shape index (κ3) is 5.77. The van der Waals surface area contributed by atoms with Crippen LogP contribution in [0.1, 0.15) is 51.9 Å². The summed E-state index contributed by atoms with van der Waals surface area (Å²) in [7, 11) is -0.772. The monoisotopic (exact) mass is 412 g/mol. The van der Waals surface area contributed by atoms with Gasteiger partial charge in [-0.15, -0.1) is 0 Å². The number of amides is 1. The molecule has 1 aromatic carbocycles. The van der Waals surface area contributed by atoms with Gasteiger partial charge in [0, 0.05) is 12.1 Å².